The van der Waals surface area contributed by atoms with Crippen LogP contribution in [0.3, 0.4) is 0 Å². The average molecular weight is 381 g/mol. The van der Waals surface area contributed by atoms with E-state index in [-0.39, 0.29) is 17.3 Å². The molecule has 4 heteroatoms. The largest absolute Gasteiger partial charge is 0.392 e. The summed E-state index contributed by atoms with van der Waals surface area (Å²) in [4.78, 5) is 11.7. The lowest BCUT2D eigenvalue weighted by Gasteiger charge is -2.44. The Balaban J connectivity index is 1.75. The van der Waals surface area contributed by atoms with Crippen molar-refractivity contribution in [2.45, 2.75) is 64.1 Å². The molecule has 3 aliphatic carbocycles. The molecule has 2 N–H and O–H groups in total. The summed E-state index contributed by atoms with van der Waals surface area (Å²) in [5.74, 6) is 6.90. The van der Waals surface area contributed by atoms with Crippen LogP contribution < -0.4 is 0 Å². The van der Waals surface area contributed by atoms with E-state index in [9.17, 15) is 15.0 Å². The van der Waals surface area contributed by atoms with Crippen LogP contribution in [-0.4, -0.2) is 28.2 Å². The molecule has 0 spiro atoms. The van der Waals surface area contributed by atoms with Crippen LogP contribution in [0.15, 0.2) is 10.6 Å². The number of hydrogen-bond acceptors (Lipinski definition) is 3. The van der Waals surface area contributed by atoms with Gasteiger partial charge in [0, 0.05) is 35.1 Å². The van der Waals surface area contributed by atoms with Gasteiger partial charge in [-0.3, -0.25) is 4.79 Å². The molecule has 3 fully saturated rings. The fraction of sp³-hybridized carbons (Fsp3) is 0.737. The topological polar surface area (TPSA) is 57.5 Å². The lowest BCUT2D eigenvalue weighted by atomic mass is 9.63. The number of halogens is 1. The molecule has 0 heterocycles. The molecule has 0 aromatic carbocycles. The van der Waals surface area contributed by atoms with Gasteiger partial charge in [-0.2, -0.15) is 0 Å². The molecule has 0 aliphatic heterocycles. The number of Topliss-reactive ketones (excluding diaryl/α,β-unsaturated/α-hetero) is 1. The van der Waals surface area contributed by atoms with Gasteiger partial charge in [0.2, 0.25) is 0 Å². The summed E-state index contributed by atoms with van der Waals surface area (Å²) < 4.78 is 0.763. The van der Waals surface area contributed by atoms with E-state index in [0.29, 0.717) is 37.4 Å². The van der Waals surface area contributed by atoms with E-state index in [0.717, 1.165) is 23.7 Å². The van der Waals surface area contributed by atoms with E-state index >= 15 is 0 Å². The Bertz CT molecular complexity index is 567. The Kier molecular flexibility index (Phi) is 5.01. The van der Waals surface area contributed by atoms with Gasteiger partial charge in [0.05, 0.1) is 12.2 Å². The summed E-state index contributed by atoms with van der Waals surface area (Å²) in [6.45, 7) is 1.83. The number of aliphatic hydroxyl groups excluding tert-OH is 2. The molecule has 0 aromatic heterocycles. The number of carbonyl (C=O) groups excluding carboxylic acids is 1. The second-order valence-corrected chi connectivity index (χ2v) is 8.44. The SMILES string of the molecule is CC#CCC1([C@H](O)/C(Br)=C/[C@H]2[C@H]3CC(=O)C[C@H]3C[C@H]2O)CCC1. The van der Waals surface area contributed by atoms with Crippen molar-refractivity contribution in [3.63, 3.8) is 0 Å². The van der Waals surface area contributed by atoms with E-state index < -0.39 is 12.2 Å². The van der Waals surface area contributed by atoms with Gasteiger partial charge in [0.25, 0.3) is 0 Å². The third-order valence-electron chi connectivity index (χ3n) is 6.20. The Labute approximate surface area is 146 Å². The maximum atomic E-state index is 11.7. The fourth-order valence-corrected chi connectivity index (χ4v) is 5.45. The Morgan fingerprint density at radius 3 is 2.83 bits per heavy atom. The minimum Gasteiger partial charge on any atom is -0.392 e. The molecule has 3 rings (SSSR count). The van der Waals surface area contributed by atoms with Crippen LogP contribution in [0.4, 0.5) is 0 Å². The highest BCUT2D eigenvalue weighted by molar-refractivity contribution is 9.11. The molecule has 23 heavy (non-hydrogen) atoms. The van der Waals surface area contributed by atoms with Gasteiger partial charge in [-0.05, 0) is 38.0 Å². The molecule has 5 atom stereocenters. The van der Waals surface area contributed by atoms with E-state index in [1.165, 1.54) is 0 Å². The summed E-state index contributed by atoms with van der Waals surface area (Å²) in [7, 11) is 0. The third-order valence-corrected chi connectivity index (χ3v) is 6.90. The third kappa shape index (κ3) is 3.16. The van der Waals surface area contributed by atoms with Gasteiger partial charge in [0.1, 0.15) is 5.78 Å². The second-order valence-electron chi connectivity index (χ2n) is 7.52. The second kappa shape index (κ2) is 6.70. The van der Waals surface area contributed by atoms with Crippen LogP contribution in [0.2, 0.25) is 0 Å². The van der Waals surface area contributed by atoms with E-state index in [1.807, 2.05) is 13.0 Å². The van der Waals surface area contributed by atoms with Gasteiger partial charge in [-0.25, -0.2) is 0 Å². The maximum Gasteiger partial charge on any atom is 0.133 e. The number of fused-ring (bicyclic) bond motifs is 1. The highest BCUT2D eigenvalue weighted by Crippen LogP contribution is 2.51. The normalized spacial score (nSPS) is 36.9. The molecule has 3 aliphatic rings. The average Bonchev–Trinajstić information content (AvgIpc) is 2.95. The van der Waals surface area contributed by atoms with Crippen molar-refractivity contribution in [1.82, 2.24) is 0 Å². The van der Waals surface area contributed by atoms with E-state index in [4.69, 9.17) is 0 Å². The molecule has 0 saturated heterocycles. The first kappa shape index (κ1) is 17.2. The zero-order chi connectivity index (χ0) is 16.6. The standard InChI is InChI=1S/C19H25BrO3/c1-2-3-5-19(6-4-7-19)18(23)16(20)11-15-14-10-13(21)8-12(14)9-17(15)22/h11-12,14-15,17-18,22-23H,4-10H2,1H3/b16-11-/t12-,14-,15-,17+,18+/m0/s1. The molecule has 0 aromatic rings. The quantitative estimate of drug-likeness (QED) is 0.736. The van der Waals surface area contributed by atoms with Gasteiger partial charge in [-0.15, -0.1) is 11.8 Å². The lowest BCUT2D eigenvalue weighted by molar-refractivity contribution is -0.118. The smallest absolute Gasteiger partial charge is 0.133 e. The van der Waals surface area contributed by atoms with Crippen molar-refractivity contribution in [1.29, 1.82) is 0 Å². The molecule has 0 unspecified atom stereocenters. The first-order chi connectivity index (χ1) is 11.0. The van der Waals surface area contributed by atoms with Gasteiger partial charge >= 0.3 is 0 Å². The summed E-state index contributed by atoms with van der Waals surface area (Å²) in [5, 5.41) is 21.2. The lowest BCUT2D eigenvalue weighted by Crippen LogP contribution is -2.41. The number of ketones is 1. The fourth-order valence-electron chi connectivity index (χ4n) is 4.66. The summed E-state index contributed by atoms with van der Waals surface area (Å²) in [6, 6.07) is 0. The number of aliphatic hydroxyl groups is 2. The minimum absolute atomic E-state index is 0.0233. The molecular weight excluding hydrogens is 356 g/mol. The van der Waals surface area contributed by atoms with Gasteiger partial charge in [-0.1, -0.05) is 28.4 Å². The highest BCUT2D eigenvalue weighted by atomic mass is 79.9. The highest BCUT2D eigenvalue weighted by Gasteiger charge is 2.48. The zero-order valence-corrected chi connectivity index (χ0v) is 15.2. The summed E-state index contributed by atoms with van der Waals surface area (Å²) >= 11 is 3.56. The minimum atomic E-state index is -0.569. The van der Waals surface area contributed by atoms with Crippen molar-refractivity contribution >= 4 is 21.7 Å². The van der Waals surface area contributed by atoms with Crippen molar-refractivity contribution < 1.29 is 15.0 Å². The van der Waals surface area contributed by atoms with Crippen molar-refractivity contribution in [3.8, 4) is 11.8 Å². The Hall–Kier alpha value is -0.630. The molecule has 0 radical (unpaired) electrons. The first-order valence-corrected chi connectivity index (χ1v) is 9.41. The number of rotatable bonds is 4. The van der Waals surface area contributed by atoms with E-state index in [2.05, 4.69) is 27.8 Å². The summed E-state index contributed by atoms with van der Waals surface area (Å²) in [5.41, 5.74) is -0.146. The zero-order valence-electron chi connectivity index (χ0n) is 13.6. The van der Waals surface area contributed by atoms with Gasteiger partial charge < -0.3 is 10.2 Å². The van der Waals surface area contributed by atoms with Crippen LogP contribution in [0, 0.1) is 35.0 Å². The predicted molar refractivity (Wildman–Crippen MR) is 92.7 cm³/mol. The van der Waals surface area contributed by atoms with E-state index in [1.54, 1.807) is 0 Å². The Morgan fingerprint density at radius 1 is 1.48 bits per heavy atom. The van der Waals surface area contributed by atoms with Crippen molar-refractivity contribution in [2.75, 3.05) is 0 Å². The predicted octanol–water partition coefficient (Wildman–Crippen LogP) is 3.19. The van der Waals surface area contributed by atoms with Crippen LogP contribution in [0.1, 0.15) is 51.9 Å². The number of carbonyl (C=O) groups is 1. The molecule has 0 amide bonds. The molecule has 0 bridgehead atoms. The maximum absolute atomic E-state index is 11.7. The number of hydrogen-bond donors (Lipinski definition) is 2. The van der Waals surface area contributed by atoms with Crippen molar-refractivity contribution in [3.05, 3.63) is 10.6 Å². The van der Waals surface area contributed by atoms with Crippen LogP contribution in [-0.2, 0) is 4.79 Å². The molecule has 3 nitrogen and oxygen atoms in total. The first-order valence-electron chi connectivity index (χ1n) is 8.61. The van der Waals surface area contributed by atoms with Gasteiger partial charge in [0.15, 0.2) is 0 Å². The van der Waals surface area contributed by atoms with Crippen LogP contribution >= 0.6 is 15.9 Å². The molecule has 3 saturated carbocycles. The van der Waals surface area contributed by atoms with Crippen molar-refractivity contribution in [2.24, 2.45) is 23.2 Å². The molecule has 126 valence electrons. The van der Waals surface area contributed by atoms with Crippen LogP contribution in [0.5, 0.6) is 0 Å². The summed E-state index contributed by atoms with van der Waals surface area (Å²) in [6.07, 6.45) is 6.74. The monoisotopic (exact) mass is 380 g/mol. The Morgan fingerprint density at radius 2 is 2.22 bits per heavy atom. The molecular formula is C19H25BrO3. The van der Waals surface area contributed by atoms with Crippen LogP contribution in [0.25, 0.3) is 0 Å².